The summed E-state index contributed by atoms with van der Waals surface area (Å²) >= 11 is 5.70. The number of nitrogens with one attached hydrogen (secondary N) is 1. The molecule has 7 heteroatoms. The van der Waals surface area contributed by atoms with E-state index in [1.165, 1.54) is 23.1 Å². The number of likely N-dealkylation sites (tertiary alicyclic amines) is 1. The zero-order valence-corrected chi connectivity index (χ0v) is 14.1. The maximum atomic E-state index is 13.1. The van der Waals surface area contributed by atoms with Crippen molar-refractivity contribution in [3.8, 4) is 0 Å². The monoisotopic (exact) mass is 342 g/mol. The summed E-state index contributed by atoms with van der Waals surface area (Å²) in [5.41, 5.74) is -0.233. The van der Waals surface area contributed by atoms with E-state index in [1.807, 2.05) is 0 Å². The first-order valence-electron chi connectivity index (χ1n) is 7.43. The number of anilines is 1. The van der Waals surface area contributed by atoms with E-state index in [0.29, 0.717) is 18.7 Å². The van der Waals surface area contributed by atoms with Gasteiger partial charge in [-0.15, -0.1) is 0 Å². The summed E-state index contributed by atoms with van der Waals surface area (Å²) in [7, 11) is 0. The number of halogens is 2. The highest BCUT2D eigenvalue weighted by atomic mass is 35.5. The van der Waals surface area contributed by atoms with Crippen LogP contribution in [-0.4, -0.2) is 35.1 Å². The van der Waals surface area contributed by atoms with Crippen LogP contribution >= 0.6 is 11.6 Å². The van der Waals surface area contributed by atoms with Crippen LogP contribution in [0, 0.1) is 5.82 Å². The molecule has 23 heavy (non-hydrogen) atoms. The third-order valence-electron chi connectivity index (χ3n) is 3.37. The van der Waals surface area contributed by atoms with Gasteiger partial charge in [0, 0.05) is 12.2 Å². The van der Waals surface area contributed by atoms with Crippen molar-refractivity contribution in [2.75, 3.05) is 11.9 Å². The van der Waals surface area contributed by atoms with Crippen LogP contribution in [-0.2, 0) is 9.53 Å². The third kappa shape index (κ3) is 4.58. The topological polar surface area (TPSA) is 58.6 Å². The van der Waals surface area contributed by atoms with Gasteiger partial charge >= 0.3 is 6.09 Å². The summed E-state index contributed by atoms with van der Waals surface area (Å²) in [6, 6.07) is 3.33. The fourth-order valence-electron chi connectivity index (χ4n) is 2.38. The lowest BCUT2D eigenvalue weighted by molar-refractivity contribution is -0.120. The minimum atomic E-state index is -0.620. The molecule has 1 aromatic carbocycles. The SMILES string of the molecule is CC(C)(C)OC(=O)N1CCC[C@H]1C(=O)Nc1ccc(F)c(Cl)c1. The van der Waals surface area contributed by atoms with E-state index in [2.05, 4.69) is 5.32 Å². The minimum absolute atomic E-state index is 0.0711. The lowest BCUT2D eigenvalue weighted by Gasteiger charge is -2.28. The molecule has 1 aliphatic rings. The summed E-state index contributed by atoms with van der Waals surface area (Å²) in [6.07, 6.45) is 0.772. The van der Waals surface area contributed by atoms with E-state index in [0.717, 1.165) is 6.42 Å². The Balaban J connectivity index is 2.05. The van der Waals surface area contributed by atoms with Crippen molar-refractivity contribution in [1.82, 2.24) is 4.90 Å². The molecule has 126 valence electrons. The van der Waals surface area contributed by atoms with Crippen molar-refractivity contribution >= 4 is 29.3 Å². The fourth-order valence-corrected chi connectivity index (χ4v) is 2.56. The molecule has 0 saturated carbocycles. The van der Waals surface area contributed by atoms with Gasteiger partial charge in [0.25, 0.3) is 0 Å². The first-order chi connectivity index (χ1) is 10.7. The number of carbonyl (C=O) groups is 2. The molecule has 0 aliphatic carbocycles. The van der Waals surface area contributed by atoms with E-state index < -0.39 is 23.6 Å². The zero-order chi connectivity index (χ0) is 17.2. The normalized spacial score (nSPS) is 18.0. The molecule has 0 aromatic heterocycles. The van der Waals surface area contributed by atoms with E-state index in [4.69, 9.17) is 16.3 Å². The molecular formula is C16H20ClFN2O3. The average molecular weight is 343 g/mol. The van der Waals surface area contributed by atoms with Gasteiger partial charge in [0.1, 0.15) is 17.5 Å². The Hall–Kier alpha value is -1.82. The third-order valence-corrected chi connectivity index (χ3v) is 3.66. The van der Waals surface area contributed by atoms with Crippen molar-refractivity contribution in [2.24, 2.45) is 0 Å². The highest BCUT2D eigenvalue weighted by molar-refractivity contribution is 6.31. The summed E-state index contributed by atoms with van der Waals surface area (Å²) in [5.74, 6) is -0.892. The maximum absolute atomic E-state index is 13.1. The van der Waals surface area contributed by atoms with E-state index in [1.54, 1.807) is 20.8 Å². The molecule has 5 nitrogen and oxygen atoms in total. The van der Waals surface area contributed by atoms with Crippen LogP contribution < -0.4 is 5.32 Å². The second-order valence-corrected chi connectivity index (χ2v) is 6.86. The van der Waals surface area contributed by atoms with Crippen LogP contribution in [0.4, 0.5) is 14.9 Å². The smallest absolute Gasteiger partial charge is 0.410 e. The van der Waals surface area contributed by atoms with E-state index in [9.17, 15) is 14.0 Å². The predicted molar refractivity (Wildman–Crippen MR) is 86.0 cm³/mol. The average Bonchev–Trinajstić information content (AvgIpc) is 2.90. The zero-order valence-electron chi connectivity index (χ0n) is 13.4. The Morgan fingerprint density at radius 1 is 1.39 bits per heavy atom. The number of benzene rings is 1. The van der Waals surface area contributed by atoms with Crippen molar-refractivity contribution in [3.05, 3.63) is 29.0 Å². The van der Waals surface area contributed by atoms with Crippen LogP contribution in [0.3, 0.4) is 0 Å². The number of amides is 2. The van der Waals surface area contributed by atoms with Gasteiger partial charge in [-0.3, -0.25) is 9.69 Å². The number of rotatable bonds is 2. The first kappa shape index (κ1) is 17.5. The quantitative estimate of drug-likeness (QED) is 0.889. The van der Waals surface area contributed by atoms with Crippen molar-refractivity contribution in [1.29, 1.82) is 0 Å². The highest BCUT2D eigenvalue weighted by Gasteiger charge is 2.36. The van der Waals surface area contributed by atoms with Gasteiger partial charge in [-0.2, -0.15) is 0 Å². The second-order valence-electron chi connectivity index (χ2n) is 6.45. The Morgan fingerprint density at radius 3 is 2.70 bits per heavy atom. The Bertz CT molecular complexity index is 616. The number of hydrogen-bond donors (Lipinski definition) is 1. The molecular weight excluding hydrogens is 323 g/mol. The molecule has 0 bridgehead atoms. The van der Waals surface area contributed by atoms with Crippen molar-refractivity contribution in [2.45, 2.75) is 45.3 Å². The maximum Gasteiger partial charge on any atom is 0.410 e. The molecule has 1 fully saturated rings. The van der Waals surface area contributed by atoms with Gasteiger partial charge in [-0.05, 0) is 51.8 Å². The summed E-state index contributed by atoms with van der Waals surface area (Å²) in [6.45, 7) is 5.79. The number of carbonyl (C=O) groups excluding carboxylic acids is 2. The standard InChI is InChI=1S/C16H20ClFN2O3/c1-16(2,3)23-15(22)20-8-4-5-13(20)14(21)19-10-6-7-12(18)11(17)9-10/h6-7,9,13H,4-5,8H2,1-3H3,(H,19,21)/t13-/m0/s1. The summed E-state index contributed by atoms with van der Waals surface area (Å²) in [4.78, 5) is 26.0. The predicted octanol–water partition coefficient (Wildman–Crippen LogP) is 3.82. The molecule has 0 spiro atoms. The molecule has 2 amide bonds. The van der Waals surface area contributed by atoms with Crippen molar-refractivity contribution in [3.63, 3.8) is 0 Å². The van der Waals surface area contributed by atoms with Gasteiger partial charge in [0.2, 0.25) is 5.91 Å². The van der Waals surface area contributed by atoms with Crippen LogP contribution in [0.25, 0.3) is 0 Å². The molecule has 1 N–H and O–H groups in total. The Morgan fingerprint density at radius 2 is 2.09 bits per heavy atom. The molecule has 1 aromatic rings. The number of ether oxygens (including phenoxy) is 1. The Kier molecular flexibility index (Phi) is 5.14. The lowest BCUT2D eigenvalue weighted by Crippen LogP contribution is -2.45. The molecule has 1 atom stereocenters. The van der Waals surface area contributed by atoms with Gasteiger partial charge in [-0.1, -0.05) is 11.6 Å². The van der Waals surface area contributed by atoms with Crippen LogP contribution in [0.5, 0.6) is 0 Å². The van der Waals surface area contributed by atoms with E-state index in [-0.39, 0.29) is 10.9 Å². The fraction of sp³-hybridized carbons (Fsp3) is 0.500. The van der Waals surface area contributed by atoms with Crippen molar-refractivity contribution < 1.29 is 18.7 Å². The summed E-state index contributed by atoms with van der Waals surface area (Å²) in [5, 5.41) is 2.59. The second kappa shape index (κ2) is 6.74. The van der Waals surface area contributed by atoms with Gasteiger partial charge in [0.15, 0.2) is 0 Å². The van der Waals surface area contributed by atoms with Gasteiger partial charge in [-0.25, -0.2) is 9.18 Å². The van der Waals surface area contributed by atoms with E-state index >= 15 is 0 Å². The summed E-state index contributed by atoms with van der Waals surface area (Å²) < 4.78 is 18.5. The highest BCUT2D eigenvalue weighted by Crippen LogP contribution is 2.24. The molecule has 1 heterocycles. The van der Waals surface area contributed by atoms with Gasteiger partial charge in [0.05, 0.1) is 5.02 Å². The Labute approximate surface area is 139 Å². The van der Waals surface area contributed by atoms with Crippen LogP contribution in [0.15, 0.2) is 18.2 Å². The lowest BCUT2D eigenvalue weighted by atomic mass is 10.2. The molecule has 1 aliphatic heterocycles. The molecule has 2 rings (SSSR count). The van der Waals surface area contributed by atoms with Gasteiger partial charge < -0.3 is 10.1 Å². The molecule has 1 saturated heterocycles. The first-order valence-corrected chi connectivity index (χ1v) is 7.81. The largest absolute Gasteiger partial charge is 0.444 e. The minimum Gasteiger partial charge on any atom is -0.444 e. The van der Waals surface area contributed by atoms with Crippen LogP contribution in [0.1, 0.15) is 33.6 Å². The number of hydrogen-bond acceptors (Lipinski definition) is 3. The molecule has 0 unspecified atom stereocenters. The molecule has 0 radical (unpaired) electrons. The van der Waals surface area contributed by atoms with Crippen LogP contribution in [0.2, 0.25) is 5.02 Å². The number of nitrogens with zero attached hydrogens (tertiary/aromatic N) is 1.